The van der Waals surface area contributed by atoms with E-state index in [0.29, 0.717) is 0 Å². The molecule has 0 aliphatic heterocycles. The van der Waals surface area contributed by atoms with Gasteiger partial charge in [-0.3, -0.25) is 0 Å². The third-order valence-electron chi connectivity index (χ3n) is 6.00. The third-order valence-corrected chi connectivity index (χ3v) is 6.00. The molecule has 2 N–H and O–H groups in total. The van der Waals surface area contributed by atoms with Gasteiger partial charge in [-0.25, -0.2) is 14.4 Å². The molecule has 0 radical (unpaired) electrons. The van der Waals surface area contributed by atoms with Crippen LogP contribution in [0.4, 0.5) is 32.2 Å². The molecule has 0 saturated heterocycles. The van der Waals surface area contributed by atoms with E-state index in [0.717, 1.165) is 27.0 Å². The van der Waals surface area contributed by atoms with E-state index in [1.54, 1.807) is 6.92 Å². The molecule has 0 bridgehead atoms. The molecule has 3 aromatic rings. The van der Waals surface area contributed by atoms with Crippen LogP contribution in [0.2, 0.25) is 0 Å². The van der Waals surface area contributed by atoms with Crippen LogP contribution in [0.5, 0.6) is 11.5 Å². The van der Waals surface area contributed by atoms with Crippen molar-refractivity contribution in [1.82, 2.24) is 9.97 Å². The number of fused-ring (bicyclic) bond motifs is 1. The van der Waals surface area contributed by atoms with Gasteiger partial charge in [0.15, 0.2) is 11.5 Å². The summed E-state index contributed by atoms with van der Waals surface area (Å²) in [5.41, 5.74) is -3.39. The fraction of sp³-hybridized carbons (Fsp3) is 0.462. The second-order valence-corrected chi connectivity index (χ2v) is 9.45. The Bertz CT molecular complexity index is 1330. The normalized spacial score (nSPS) is 14.3. The van der Waals surface area contributed by atoms with Gasteiger partial charge in [0.2, 0.25) is 6.10 Å². The van der Waals surface area contributed by atoms with Crippen LogP contribution in [0, 0.1) is 12.7 Å². The highest BCUT2D eigenvalue weighted by Gasteiger charge is 2.49. The Hall–Kier alpha value is -3.32. The maximum absolute atomic E-state index is 15.3. The van der Waals surface area contributed by atoms with Crippen molar-refractivity contribution in [2.75, 3.05) is 26.1 Å². The van der Waals surface area contributed by atoms with Crippen LogP contribution in [-0.2, 0) is 10.7 Å². The number of benzene rings is 2. The van der Waals surface area contributed by atoms with Crippen LogP contribution in [0.15, 0.2) is 30.3 Å². The Morgan fingerprint density at radius 1 is 1.03 bits per heavy atom. The number of hydrogen-bond acceptors (Lipinski definition) is 7. The summed E-state index contributed by atoms with van der Waals surface area (Å²) in [5.74, 6) is -5.07. The quantitative estimate of drug-likeness (QED) is 0.290. The first-order valence-electron chi connectivity index (χ1n) is 11.8. The molecule has 0 aliphatic rings. The number of halogens is 6. The Morgan fingerprint density at radius 2 is 1.69 bits per heavy atom. The second-order valence-electron chi connectivity index (χ2n) is 9.45. The van der Waals surface area contributed by atoms with E-state index in [1.807, 2.05) is 0 Å². The van der Waals surface area contributed by atoms with Gasteiger partial charge in [-0.15, -0.1) is 0 Å². The maximum Gasteiger partial charge on any atom is 0.427 e. The van der Waals surface area contributed by atoms with Crippen LogP contribution in [0.1, 0.15) is 43.8 Å². The zero-order chi connectivity index (χ0) is 29.3. The highest BCUT2D eigenvalue weighted by atomic mass is 19.4. The average molecular weight is 562 g/mol. The molecule has 0 fully saturated rings. The van der Waals surface area contributed by atoms with Crippen LogP contribution < -0.4 is 14.8 Å². The van der Waals surface area contributed by atoms with Gasteiger partial charge in [-0.2, -0.15) is 22.0 Å². The fourth-order valence-corrected chi connectivity index (χ4v) is 3.85. The minimum Gasteiger partial charge on any atom is -0.493 e. The van der Waals surface area contributed by atoms with Crippen LogP contribution >= 0.6 is 0 Å². The molecule has 3 rings (SSSR count). The smallest absolute Gasteiger partial charge is 0.427 e. The topological polar surface area (TPSA) is 85.7 Å². The summed E-state index contributed by atoms with van der Waals surface area (Å²) in [7, 11) is 2.35. The molecule has 0 spiro atoms. The minimum absolute atomic E-state index is 0.0300. The van der Waals surface area contributed by atoms with Gasteiger partial charge >= 0.3 is 12.1 Å². The molecule has 1 unspecified atom stereocenters. The summed E-state index contributed by atoms with van der Waals surface area (Å²) in [6, 6.07) is 5.08. The highest BCUT2D eigenvalue weighted by Crippen LogP contribution is 2.42. The third kappa shape index (κ3) is 6.30. The van der Waals surface area contributed by atoms with Crippen molar-refractivity contribution in [2.45, 2.75) is 57.5 Å². The molecule has 2 aromatic carbocycles. The molecular weight excluding hydrogens is 532 g/mol. The van der Waals surface area contributed by atoms with E-state index < -0.39 is 47.8 Å². The molecule has 2 atom stereocenters. The maximum atomic E-state index is 15.3. The number of nitrogens with one attached hydrogen (secondary N) is 1. The summed E-state index contributed by atoms with van der Waals surface area (Å²) in [4.78, 5) is 8.58. The summed E-state index contributed by atoms with van der Waals surface area (Å²) in [6.07, 6.45) is -7.05. The van der Waals surface area contributed by atoms with E-state index in [2.05, 4.69) is 20.0 Å². The van der Waals surface area contributed by atoms with E-state index in [4.69, 9.17) is 9.47 Å². The van der Waals surface area contributed by atoms with Crippen LogP contribution in [0.3, 0.4) is 0 Å². The van der Waals surface area contributed by atoms with Gasteiger partial charge in [-0.1, -0.05) is 12.1 Å². The highest BCUT2D eigenvalue weighted by molar-refractivity contribution is 5.92. The average Bonchev–Trinajstić information content (AvgIpc) is 2.82. The first-order chi connectivity index (χ1) is 18.0. The minimum atomic E-state index is -4.75. The van der Waals surface area contributed by atoms with E-state index in [9.17, 15) is 27.1 Å². The van der Waals surface area contributed by atoms with Gasteiger partial charge in [0.25, 0.3) is 0 Å². The van der Waals surface area contributed by atoms with Crippen molar-refractivity contribution in [1.29, 1.82) is 0 Å². The largest absolute Gasteiger partial charge is 0.493 e. The Balaban J connectivity index is 2.08. The Kier molecular flexibility index (Phi) is 8.56. The number of rotatable bonds is 10. The van der Waals surface area contributed by atoms with Crippen molar-refractivity contribution in [2.24, 2.45) is 0 Å². The number of aromatic nitrogens is 2. The summed E-state index contributed by atoms with van der Waals surface area (Å²) >= 11 is 0. The molecule has 0 aliphatic carbocycles. The van der Waals surface area contributed by atoms with E-state index in [-0.39, 0.29) is 39.6 Å². The van der Waals surface area contributed by atoms with Crippen molar-refractivity contribution in [3.63, 3.8) is 0 Å². The lowest BCUT2D eigenvalue weighted by molar-refractivity contribution is -0.206. The predicted molar refractivity (Wildman–Crippen MR) is 132 cm³/mol. The number of methoxy groups -OCH3 is 2. The number of nitrogens with zero attached hydrogens (tertiary/aromatic N) is 2. The summed E-state index contributed by atoms with van der Waals surface area (Å²) < 4.78 is 100. The Labute approximate surface area is 221 Å². The van der Waals surface area contributed by atoms with Crippen molar-refractivity contribution in [3.8, 4) is 11.5 Å². The first kappa shape index (κ1) is 30.2. The molecule has 13 heteroatoms. The summed E-state index contributed by atoms with van der Waals surface area (Å²) in [6.45, 7) is 4.03. The lowest BCUT2D eigenvalue weighted by Gasteiger charge is -2.30. The Morgan fingerprint density at radius 3 is 2.26 bits per heavy atom. The van der Waals surface area contributed by atoms with Crippen LogP contribution in [0.25, 0.3) is 10.9 Å². The van der Waals surface area contributed by atoms with Crippen molar-refractivity contribution >= 4 is 16.7 Å². The molecule has 39 heavy (non-hydrogen) atoms. The first-order valence-corrected chi connectivity index (χ1v) is 11.8. The number of hydrogen-bond donors (Lipinski definition) is 2. The molecule has 7 nitrogen and oxygen atoms in total. The zero-order valence-electron chi connectivity index (χ0n) is 22.1. The van der Waals surface area contributed by atoms with E-state index >= 15 is 4.39 Å². The molecule has 214 valence electrons. The van der Waals surface area contributed by atoms with Gasteiger partial charge < -0.3 is 24.6 Å². The number of alkyl halides is 5. The van der Waals surface area contributed by atoms with Gasteiger partial charge in [-0.05, 0) is 39.8 Å². The molecule has 0 saturated carbocycles. The zero-order valence-corrected chi connectivity index (χ0v) is 22.1. The second kappa shape index (κ2) is 11.0. The molecule has 1 aromatic heterocycles. The van der Waals surface area contributed by atoms with Gasteiger partial charge in [0, 0.05) is 24.1 Å². The van der Waals surface area contributed by atoms with Gasteiger partial charge in [0.05, 0.1) is 30.8 Å². The lowest BCUT2D eigenvalue weighted by Crippen LogP contribution is -2.41. The SMILES string of the molecule is COCC(Oc1cc2c(N[C@H](C)c3cccc(C(F)(F)C(C)(C)O)c3F)nc(C)nc2cc1OC)C(F)(F)F. The number of anilines is 1. The van der Waals surface area contributed by atoms with E-state index in [1.165, 1.54) is 38.3 Å². The fourth-order valence-electron chi connectivity index (χ4n) is 3.85. The standard InChI is InChI=1S/C26H29F6N3O4/c1-13(15-8-7-9-17(22(15)27)25(28,29)24(3,4)36)33-23-16-10-20(39-21(12-37-5)26(30,31)32)19(38-6)11-18(16)34-14(2)35-23/h7-11,13,21,36H,12H2,1-6H3,(H,33,34,35)/t13-,21?/m1/s1. The van der Waals surface area contributed by atoms with Crippen LogP contribution in [-0.4, -0.2) is 53.8 Å². The van der Waals surface area contributed by atoms with Crippen molar-refractivity contribution < 1.29 is 45.7 Å². The number of aliphatic hydroxyl groups is 1. The molecule has 0 amide bonds. The van der Waals surface area contributed by atoms with Gasteiger partial charge in [0.1, 0.15) is 23.1 Å². The molecule has 1 heterocycles. The monoisotopic (exact) mass is 561 g/mol. The lowest BCUT2D eigenvalue weighted by atomic mass is 9.91. The summed E-state index contributed by atoms with van der Waals surface area (Å²) in [5, 5.41) is 13.0. The number of ether oxygens (including phenoxy) is 3. The van der Waals surface area contributed by atoms with Crippen molar-refractivity contribution in [3.05, 3.63) is 53.1 Å². The molecular formula is C26H29F6N3O4. The predicted octanol–water partition coefficient (Wildman–Crippen LogP) is 6.08. The number of aryl methyl sites for hydroxylation is 1.